The molecular weight excluding hydrogens is 280 g/mol. The molecule has 3 N–H and O–H groups in total. The van der Waals surface area contributed by atoms with Gasteiger partial charge in [0.05, 0.1) is 5.75 Å². The molecule has 0 spiro atoms. The fourth-order valence-electron chi connectivity index (χ4n) is 2.44. The van der Waals surface area contributed by atoms with Crippen molar-refractivity contribution in [3.8, 4) is 0 Å². The summed E-state index contributed by atoms with van der Waals surface area (Å²) >= 11 is 2.71. The zero-order valence-electron chi connectivity index (χ0n) is 11.3. The number of aromatic nitrogens is 2. The maximum Gasteiger partial charge on any atom is 0.230 e. The van der Waals surface area contributed by atoms with Gasteiger partial charge in [0, 0.05) is 6.04 Å². The first-order valence-corrected chi connectivity index (χ1v) is 8.37. The van der Waals surface area contributed by atoms with Gasteiger partial charge in [0.25, 0.3) is 0 Å². The summed E-state index contributed by atoms with van der Waals surface area (Å²) in [5, 5.41) is 11.2. The fourth-order valence-corrected chi connectivity index (χ4v) is 3.89. The zero-order chi connectivity index (χ0) is 13.8. The highest BCUT2D eigenvalue weighted by molar-refractivity contribution is 8.01. The number of hydrogen-bond donors (Lipinski definition) is 2. The largest absolute Gasteiger partial charge is 0.374 e. The second-order valence-electron chi connectivity index (χ2n) is 5.14. The van der Waals surface area contributed by atoms with Gasteiger partial charge >= 0.3 is 0 Å². The summed E-state index contributed by atoms with van der Waals surface area (Å²) in [6.07, 6.45) is 3.57. The summed E-state index contributed by atoms with van der Waals surface area (Å²) in [5.74, 6) is 1.70. The Morgan fingerprint density at radius 1 is 1.47 bits per heavy atom. The van der Waals surface area contributed by atoms with Crippen molar-refractivity contribution in [1.29, 1.82) is 0 Å². The molecule has 5 nitrogen and oxygen atoms in total. The number of carbonyl (C=O) groups is 1. The highest BCUT2D eigenvalue weighted by Crippen LogP contribution is 2.29. The molecule has 1 heterocycles. The van der Waals surface area contributed by atoms with Crippen molar-refractivity contribution in [3.63, 3.8) is 0 Å². The number of anilines is 1. The van der Waals surface area contributed by atoms with Crippen LogP contribution in [-0.2, 0) is 4.79 Å². The predicted molar refractivity (Wildman–Crippen MR) is 79.2 cm³/mol. The molecule has 7 heteroatoms. The third-order valence-corrected chi connectivity index (χ3v) is 5.69. The summed E-state index contributed by atoms with van der Waals surface area (Å²) in [6, 6.07) is 0.316. The molecule has 0 bridgehead atoms. The maximum absolute atomic E-state index is 11.9. The smallest absolute Gasteiger partial charge is 0.230 e. The Bertz CT molecular complexity index is 437. The second-order valence-corrected chi connectivity index (χ2v) is 7.37. The minimum absolute atomic E-state index is 0.0738. The highest BCUT2D eigenvalue weighted by atomic mass is 32.2. The third kappa shape index (κ3) is 4.07. The summed E-state index contributed by atoms with van der Waals surface area (Å²) in [7, 11) is 0. The van der Waals surface area contributed by atoms with Gasteiger partial charge in [0.1, 0.15) is 0 Å². The molecule has 1 aliphatic rings. The third-order valence-electron chi connectivity index (χ3n) is 3.80. The van der Waals surface area contributed by atoms with Gasteiger partial charge in [-0.3, -0.25) is 4.79 Å². The van der Waals surface area contributed by atoms with Crippen LogP contribution in [-0.4, -0.2) is 27.9 Å². The van der Waals surface area contributed by atoms with Gasteiger partial charge in [-0.15, -0.1) is 10.2 Å². The lowest BCUT2D eigenvalue weighted by molar-refractivity contribution is -0.119. The van der Waals surface area contributed by atoms with Crippen LogP contribution in [0.4, 0.5) is 5.13 Å². The lowest BCUT2D eigenvalue weighted by Gasteiger charge is -2.34. The zero-order valence-corrected chi connectivity index (χ0v) is 12.9. The number of nitrogen functional groups attached to an aromatic ring is 1. The Labute approximate surface area is 121 Å². The standard InChI is InChI=1S/C12H20N4OS2/c1-7-4-3-5-9(8(7)2)14-10(17)6-18-12-16-15-11(13)19-12/h7-9H,3-6H2,1-2H3,(H2,13,15)(H,14,17)/t7-,8+,9-/m0/s1. The van der Waals surface area contributed by atoms with E-state index in [1.165, 1.54) is 35.9 Å². The van der Waals surface area contributed by atoms with Gasteiger partial charge in [-0.2, -0.15) is 0 Å². The van der Waals surface area contributed by atoms with Crippen molar-refractivity contribution in [3.05, 3.63) is 0 Å². The lowest BCUT2D eigenvalue weighted by Crippen LogP contribution is -2.44. The average molecular weight is 300 g/mol. The van der Waals surface area contributed by atoms with E-state index in [9.17, 15) is 4.79 Å². The number of nitrogens with two attached hydrogens (primary N) is 1. The van der Waals surface area contributed by atoms with E-state index in [1.54, 1.807) is 0 Å². The first kappa shape index (κ1) is 14.6. The van der Waals surface area contributed by atoms with Crippen LogP contribution in [0, 0.1) is 11.8 Å². The number of nitrogens with zero attached hydrogens (tertiary/aromatic N) is 2. The van der Waals surface area contributed by atoms with Crippen LogP contribution in [0.2, 0.25) is 0 Å². The number of hydrogen-bond acceptors (Lipinski definition) is 6. The average Bonchev–Trinajstić information content (AvgIpc) is 2.78. The van der Waals surface area contributed by atoms with Gasteiger partial charge in [-0.25, -0.2) is 0 Å². The fraction of sp³-hybridized carbons (Fsp3) is 0.750. The molecule has 1 fully saturated rings. The molecule has 3 atom stereocenters. The molecule has 1 aromatic heterocycles. The molecule has 0 unspecified atom stereocenters. The molecule has 1 aromatic rings. The normalized spacial score (nSPS) is 27.2. The van der Waals surface area contributed by atoms with E-state index < -0.39 is 0 Å². The quantitative estimate of drug-likeness (QED) is 0.833. The van der Waals surface area contributed by atoms with Crippen LogP contribution >= 0.6 is 23.1 Å². The van der Waals surface area contributed by atoms with E-state index in [1.807, 2.05) is 0 Å². The van der Waals surface area contributed by atoms with Crippen LogP contribution in [0.3, 0.4) is 0 Å². The number of carbonyl (C=O) groups excluding carboxylic acids is 1. The summed E-state index contributed by atoms with van der Waals surface area (Å²) in [6.45, 7) is 4.50. The molecule has 0 aliphatic heterocycles. The van der Waals surface area contributed by atoms with Crippen LogP contribution in [0.5, 0.6) is 0 Å². The minimum atomic E-state index is 0.0738. The number of thioether (sulfide) groups is 1. The number of rotatable bonds is 4. The van der Waals surface area contributed by atoms with Gasteiger partial charge in [0.15, 0.2) is 4.34 Å². The van der Waals surface area contributed by atoms with E-state index in [-0.39, 0.29) is 5.91 Å². The van der Waals surface area contributed by atoms with E-state index in [0.29, 0.717) is 28.8 Å². The molecule has 106 valence electrons. The van der Waals surface area contributed by atoms with Crippen molar-refractivity contribution in [1.82, 2.24) is 15.5 Å². The summed E-state index contributed by atoms with van der Waals surface area (Å²) in [4.78, 5) is 11.9. The van der Waals surface area contributed by atoms with Gasteiger partial charge in [0.2, 0.25) is 11.0 Å². The molecule has 1 amide bonds. The van der Waals surface area contributed by atoms with Crippen molar-refractivity contribution >= 4 is 34.1 Å². The van der Waals surface area contributed by atoms with Crippen molar-refractivity contribution < 1.29 is 4.79 Å². The van der Waals surface area contributed by atoms with Gasteiger partial charge in [-0.05, 0) is 18.3 Å². The maximum atomic E-state index is 11.9. The second kappa shape index (κ2) is 6.56. The van der Waals surface area contributed by atoms with E-state index >= 15 is 0 Å². The molecule has 19 heavy (non-hydrogen) atoms. The number of nitrogens with one attached hydrogen (secondary N) is 1. The van der Waals surface area contributed by atoms with Crippen molar-refractivity contribution in [2.45, 2.75) is 43.5 Å². The van der Waals surface area contributed by atoms with Gasteiger partial charge < -0.3 is 11.1 Å². The number of amides is 1. The Balaban J connectivity index is 1.77. The molecule has 1 saturated carbocycles. The lowest BCUT2D eigenvalue weighted by atomic mass is 9.78. The highest BCUT2D eigenvalue weighted by Gasteiger charge is 2.28. The molecular formula is C12H20N4OS2. The van der Waals surface area contributed by atoms with E-state index in [0.717, 1.165) is 10.8 Å². The molecule has 1 aliphatic carbocycles. The van der Waals surface area contributed by atoms with Crippen molar-refractivity contribution in [2.75, 3.05) is 11.5 Å². The van der Waals surface area contributed by atoms with Crippen LogP contribution in [0.15, 0.2) is 4.34 Å². The van der Waals surface area contributed by atoms with Gasteiger partial charge in [-0.1, -0.05) is 49.8 Å². The monoisotopic (exact) mass is 300 g/mol. The van der Waals surface area contributed by atoms with E-state index in [4.69, 9.17) is 5.73 Å². The topological polar surface area (TPSA) is 80.9 Å². The Morgan fingerprint density at radius 2 is 2.26 bits per heavy atom. The van der Waals surface area contributed by atoms with Crippen LogP contribution in [0.25, 0.3) is 0 Å². The molecule has 0 saturated heterocycles. The predicted octanol–water partition coefficient (Wildman–Crippen LogP) is 2.15. The summed E-state index contributed by atoms with van der Waals surface area (Å²) in [5.41, 5.74) is 5.50. The first-order valence-electron chi connectivity index (χ1n) is 6.57. The van der Waals surface area contributed by atoms with Crippen LogP contribution in [0.1, 0.15) is 33.1 Å². The van der Waals surface area contributed by atoms with Crippen molar-refractivity contribution in [2.24, 2.45) is 11.8 Å². The molecule has 0 aromatic carbocycles. The Morgan fingerprint density at radius 3 is 2.95 bits per heavy atom. The minimum Gasteiger partial charge on any atom is -0.374 e. The SMILES string of the molecule is C[C@H]1[C@@H](NC(=O)CSc2nnc(N)s2)CCC[C@@H]1C. The molecule has 0 radical (unpaired) electrons. The molecule has 2 rings (SSSR count). The summed E-state index contributed by atoms with van der Waals surface area (Å²) < 4.78 is 0.748. The van der Waals surface area contributed by atoms with Crippen LogP contribution < -0.4 is 11.1 Å². The Kier molecular flexibility index (Phi) is 5.04. The Hall–Kier alpha value is -0.820. The van der Waals surface area contributed by atoms with E-state index in [2.05, 4.69) is 29.4 Å². The first-order chi connectivity index (χ1) is 9.06.